The van der Waals surface area contributed by atoms with Gasteiger partial charge in [-0.25, -0.2) is 0 Å². The maximum absolute atomic E-state index is 12.4. The number of halogens is 2. The van der Waals surface area contributed by atoms with Crippen molar-refractivity contribution in [1.29, 1.82) is 0 Å². The largest absolute Gasteiger partial charge is 0.434 e. The maximum atomic E-state index is 12.4. The van der Waals surface area contributed by atoms with Gasteiger partial charge < -0.3 is 14.6 Å². The highest BCUT2D eigenvalue weighted by atomic mass is 19.3. The SMILES string of the molecule is CNC(C)Cc1noc(-c2cc(C)c(OC(F)F)c(C)c2)n1. The molecule has 1 heterocycles. The van der Waals surface area contributed by atoms with Gasteiger partial charge in [0.05, 0.1) is 0 Å². The minimum Gasteiger partial charge on any atom is -0.434 e. The lowest BCUT2D eigenvalue weighted by Crippen LogP contribution is -2.24. The van der Waals surface area contributed by atoms with Crippen molar-refractivity contribution in [1.82, 2.24) is 15.5 Å². The van der Waals surface area contributed by atoms with Gasteiger partial charge in [0, 0.05) is 18.0 Å². The maximum Gasteiger partial charge on any atom is 0.387 e. The molecule has 0 fully saturated rings. The summed E-state index contributed by atoms with van der Waals surface area (Å²) in [7, 11) is 1.86. The van der Waals surface area contributed by atoms with Crippen LogP contribution in [0.15, 0.2) is 16.7 Å². The van der Waals surface area contributed by atoms with E-state index in [1.165, 1.54) is 0 Å². The predicted molar refractivity (Wildman–Crippen MR) is 78.1 cm³/mol. The average Bonchev–Trinajstić information content (AvgIpc) is 2.90. The molecule has 120 valence electrons. The van der Waals surface area contributed by atoms with Crippen LogP contribution in [0, 0.1) is 13.8 Å². The number of likely N-dealkylation sites (N-methyl/N-ethyl adjacent to an activating group) is 1. The molecule has 0 aliphatic heterocycles. The van der Waals surface area contributed by atoms with Gasteiger partial charge in [0.25, 0.3) is 5.89 Å². The molecule has 0 radical (unpaired) electrons. The predicted octanol–water partition coefficient (Wildman–Crippen LogP) is 3.11. The summed E-state index contributed by atoms with van der Waals surface area (Å²) in [6.45, 7) is 2.57. The lowest BCUT2D eigenvalue weighted by Gasteiger charge is -2.11. The Balaban J connectivity index is 2.26. The Morgan fingerprint density at radius 1 is 1.27 bits per heavy atom. The van der Waals surface area contributed by atoms with Crippen molar-refractivity contribution in [3.05, 3.63) is 29.1 Å². The van der Waals surface area contributed by atoms with Gasteiger partial charge in [-0.15, -0.1) is 0 Å². The Labute approximate surface area is 127 Å². The van der Waals surface area contributed by atoms with E-state index in [0.717, 1.165) is 0 Å². The van der Waals surface area contributed by atoms with Crippen LogP contribution in [-0.2, 0) is 6.42 Å². The Kier molecular flexibility index (Phi) is 5.07. The first-order valence-corrected chi connectivity index (χ1v) is 6.97. The van der Waals surface area contributed by atoms with Crippen LogP contribution in [0.2, 0.25) is 0 Å². The highest BCUT2D eigenvalue weighted by Crippen LogP contribution is 2.30. The number of nitrogens with one attached hydrogen (secondary N) is 1. The van der Waals surface area contributed by atoms with Crippen LogP contribution >= 0.6 is 0 Å². The first-order chi connectivity index (χ1) is 10.4. The summed E-state index contributed by atoms with van der Waals surface area (Å²) in [5.74, 6) is 1.15. The van der Waals surface area contributed by atoms with Gasteiger partial charge in [-0.05, 0) is 51.1 Å². The van der Waals surface area contributed by atoms with Gasteiger partial charge in [-0.1, -0.05) is 5.16 Å². The van der Waals surface area contributed by atoms with Crippen LogP contribution in [0.5, 0.6) is 5.75 Å². The quantitative estimate of drug-likeness (QED) is 0.888. The van der Waals surface area contributed by atoms with Crippen molar-refractivity contribution in [2.24, 2.45) is 0 Å². The third-order valence-corrected chi connectivity index (χ3v) is 3.36. The van der Waals surface area contributed by atoms with Crippen molar-refractivity contribution in [3.8, 4) is 17.2 Å². The Morgan fingerprint density at radius 2 is 1.91 bits per heavy atom. The Morgan fingerprint density at radius 3 is 2.45 bits per heavy atom. The third kappa shape index (κ3) is 3.79. The highest BCUT2D eigenvalue weighted by Gasteiger charge is 2.16. The second-order valence-electron chi connectivity index (χ2n) is 5.23. The number of hydrogen-bond donors (Lipinski definition) is 1. The molecule has 1 aromatic carbocycles. The topological polar surface area (TPSA) is 60.2 Å². The van der Waals surface area contributed by atoms with Gasteiger partial charge >= 0.3 is 6.61 Å². The van der Waals surface area contributed by atoms with Crippen molar-refractivity contribution < 1.29 is 18.0 Å². The highest BCUT2D eigenvalue weighted by molar-refractivity contribution is 5.60. The fourth-order valence-corrected chi connectivity index (χ4v) is 2.18. The van der Waals surface area contributed by atoms with Crippen LogP contribution in [0.25, 0.3) is 11.5 Å². The molecule has 0 aliphatic rings. The number of ether oxygens (including phenoxy) is 1. The molecule has 1 aromatic heterocycles. The van der Waals surface area contributed by atoms with Crippen LogP contribution < -0.4 is 10.1 Å². The molecule has 0 saturated carbocycles. The van der Waals surface area contributed by atoms with Gasteiger partial charge in [0.1, 0.15) is 5.75 Å². The Hall–Kier alpha value is -2.02. The zero-order chi connectivity index (χ0) is 16.3. The van der Waals surface area contributed by atoms with Crippen molar-refractivity contribution in [2.45, 2.75) is 39.8 Å². The summed E-state index contributed by atoms with van der Waals surface area (Å²) in [6.07, 6.45) is 0.643. The van der Waals surface area contributed by atoms with E-state index in [9.17, 15) is 8.78 Å². The second kappa shape index (κ2) is 6.83. The van der Waals surface area contributed by atoms with Gasteiger partial charge in [0.15, 0.2) is 5.82 Å². The summed E-state index contributed by atoms with van der Waals surface area (Å²) in [5, 5.41) is 7.03. The zero-order valence-corrected chi connectivity index (χ0v) is 13.0. The normalized spacial score (nSPS) is 12.7. The number of benzene rings is 1. The summed E-state index contributed by atoms with van der Waals surface area (Å²) in [6, 6.07) is 3.63. The first kappa shape index (κ1) is 16.4. The van der Waals surface area contributed by atoms with Crippen molar-refractivity contribution >= 4 is 0 Å². The fraction of sp³-hybridized carbons (Fsp3) is 0.467. The van der Waals surface area contributed by atoms with Crippen LogP contribution in [0.4, 0.5) is 8.78 Å². The number of aromatic nitrogens is 2. The zero-order valence-electron chi connectivity index (χ0n) is 13.0. The van der Waals surface area contributed by atoms with E-state index in [-0.39, 0.29) is 11.8 Å². The molecule has 0 aliphatic carbocycles. The molecule has 5 nitrogen and oxygen atoms in total. The first-order valence-electron chi connectivity index (χ1n) is 6.97. The van der Waals surface area contributed by atoms with Crippen molar-refractivity contribution in [2.75, 3.05) is 7.05 Å². The molecular formula is C15H19F2N3O2. The lowest BCUT2D eigenvalue weighted by atomic mass is 10.1. The van der Waals surface area contributed by atoms with E-state index in [0.29, 0.717) is 34.8 Å². The number of alkyl halides is 2. The molecule has 0 bridgehead atoms. The molecule has 0 spiro atoms. The molecule has 0 saturated heterocycles. The van der Waals surface area contributed by atoms with Crippen LogP contribution in [0.1, 0.15) is 23.9 Å². The van der Waals surface area contributed by atoms with Crippen molar-refractivity contribution in [3.63, 3.8) is 0 Å². The number of hydrogen-bond acceptors (Lipinski definition) is 5. The van der Waals surface area contributed by atoms with E-state index in [1.54, 1.807) is 26.0 Å². The van der Waals surface area contributed by atoms with E-state index in [4.69, 9.17) is 4.52 Å². The molecule has 0 amide bonds. The summed E-state index contributed by atoms with van der Waals surface area (Å²) in [5.41, 5.74) is 1.88. The molecule has 7 heteroatoms. The average molecular weight is 311 g/mol. The third-order valence-electron chi connectivity index (χ3n) is 3.36. The van der Waals surface area contributed by atoms with Gasteiger partial charge in [-0.2, -0.15) is 13.8 Å². The number of nitrogens with zero attached hydrogens (tertiary/aromatic N) is 2. The monoisotopic (exact) mass is 311 g/mol. The summed E-state index contributed by atoms with van der Waals surface area (Å²) in [4.78, 5) is 4.33. The van der Waals surface area contributed by atoms with Crippen LogP contribution in [-0.4, -0.2) is 29.8 Å². The van der Waals surface area contributed by atoms with E-state index < -0.39 is 6.61 Å². The standard InChI is InChI=1S/C15H19F2N3O2/c1-8-5-11(6-9(2)13(8)21-15(16)17)14-19-12(20-22-14)7-10(3)18-4/h5-6,10,15,18H,7H2,1-4H3. The number of rotatable bonds is 6. The molecule has 2 aromatic rings. The van der Waals surface area contributed by atoms with E-state index >= 15 is 0 Å². The molecular weight excluding hydrogens is 292 g/mol. The molecule has 2 rings (SSSR count). The summed E-state index contributed by atoms with van der Waals surface area (Å²) < 4.78 is 34.6. The smallest absolute Gasteiger partial charge is 0.387 e. The fourth-order valence-electron chi connectivity index (χ4n) is 2.18. The van der Waals surface area contributed by atoms with E-state index in [2.05, 4.69) is 20.2 Å². The van der Waals surface area contributed by atoms with Gasteiger partial charge in [0.2, 0.25) is 0 Å². The number of aryl methyl sites for hydroxylation is 2. The lowest BCUT2D eigenvalue weighted by molar-refractivity contribution is -0.0507. The minimum atomic E-state index is -2.85. The van der Waals surface area contributed by atoms with E-state index in [1.807, 2.05) is 14.0 Å². The second-order valence-corrected chi connectivity index (χ2v) is 5.23. The molecule has 22 heavy (non-hydrogen) atoms. The molecule has 1 atom stereocenters. The van der Waals surface area contributed by atoms with Crippen LogP contribution in [0.3, 0.4) is 0 Å². The minimum absolute atomic E-state index is 0.183. The summed E-state index contributed by atoms with van der Waals surface area (Å²) >= 11 is 0. The molecule has 1 unspecified atom stereocenters. The Bertz CT molecular complexity index is 620. The molecule has 1 N–H and O–H groups in total. The van der Waals surface area contributed by atoms with Gasteiger partial charge in [-0.3, -0.25) is 0 Å².